The highest BCUT2D eigenvalue weighted by molar-refractivity contribution is 7.53. The average molecular weight is 306 g/mol. The van der Waals surface area contributed by atoms with Crippen LogP contribution in [-0.2, 0) is 13.6 Å². The van der Waals surface area contributed by atoms with E-state index >= 15 is 0 Å². The molecule has 2 atom stereocenters. The number of hydrogen-bond donors (Lipinski definition) is 0. The van der Waals surface area contributed by atoms with Gasteiger partial charge in [0, 0.05) is 0 Å². The van der Waals surface area contributed by atoms with Crippen LogP contribution in [0.25, 0.3) is 0 Å². The van der Waals surface area contributed by atoms with E-state index in [0.717, 1.165) is 25.7 Å². The van der Waals surface area contributed by atoms with Gasteiger partial charge in [-0.15, -0.1) is 0 Å². The van der Waals surface area contributed by atoms with Gasteiger partial charge in [0.15, 0.2) is 0 Å². The van der Waals surface area contributed by atoms with Gasteiger partial charge in [0.2, 0.25) is 0 Å². The van der Waals surface area contributed by atoms with Gasteiger partial charge in [0.05, 0.1) is 19.4 Å². The molecule has 0 bridgehead atoms. The van der Waals surface area contributed by atoms with Crippen molar-refractivity contribution in [1.82, 2.24) is 0 Å². The van der Waals surface area contributed by atoms with Crippen molar-refractivity contribution in [3.8, 4) is 0 Å². The summed E-state index contributed by atoms with van der Waals surface area (Å²) in [6.07, 6.45) is 9.71. The van der Waals surface area contributed by atoms with Crippen molar-refractivity contribution in [1.29, 1.82) is 0 Å². The summed E-state index contributed by atoms with van der Waals surface area (Å²) >= 11 is 0. The van der Waals surface area contributed by atoms with Crippen LogP contribution < -0.4 is 0 Å². The van der Waals surface area contributed by atoms with E-state index in [4.69, 9.17) is 9.05 Å². The molecule has 0 N–H and O–H groups in total. The lowest BCUT2D eigenvalue weighted by molar-refractivity contribution is 0.203. The zero-order valence-electron chi connectivity index (χ0n) is 14.0. The van der Waals surface area contributed by atoms with Crippen molar-refractivity contribution in [2.75, 3.05) is 19.4 Å². The van der Waals surface area contributed by atoms with Crippen LogP contribution in [0.4, 0.5) is 0 Å². The third kappa shape index (κ3) is 9.96. The molecule has 0 aliphatic rings. The standard InChI is InChI=1S/C16H35O3P/c1-5-9-11-12-14-19-20(17,18-8-4)15-16(7-3)13-10-6-2/h16H,5-15H2,1-4H3. The fourth-order valence-corrected chi connectivity index (χ4v) is 4.46. The van der Waals surface area contributed by atoms with Crippen molar-refractivity contribution >= 4 is 7.60 Å². The summed E-state index contributed by atoms with van der Waals surface area (Å²) in [5, 5.41) is 0. The molecule has 122 valence electrons. The predicted molar refractivity (Wildman–Crippen MR) is 87.5 cm³/mol. The normalized spacial score (nSPS) is 16.0. The molecule has 4 heteroatoms. The van der Waals surface area contributed by atoms with E-state index in [0.29, 0.717) is 25.3 Å². The lowest BCUT2D eigenvalue weighted by atomic mass is 10.0. The first kappa shape index (κ1) is 20.1. The average Bonchev–Trinajstić information content (AvgIpc) is 2.43. The molecule has 0 saturated heterocycles. The van der Waals surface area contributed by atoms with Crippen LogP contribution in [0.1, 0.15) is 79.1 Å². The van der Waals surface area contributed by atoms with Crippen LogP contribution in [0.2, 0.25) is 0 Å². The Morgan fingerprint density at radius 3 is 2.15 bits per heavy atom. The predicted octanol–water partition coefficient (Wildman–Crippen LogP) is 6.03. The Bertz CT molecular complexity index is 256. The molecule has 0 aromatic heterocycles. The Hall–Kier alpha value is 0.150. The molecule has 0 saturated carbocycles. The Labute approximate surface area is 126 Å². The second-order valence-electron chi connectivity index (χ2n) is 5.52. The highest BCUT2D eigenvalue weighted by atomic mass is 31.2. The van der Waals surface area contributed by atoms with Crippen molar-refractivity contribution in [2.24, 2.45) is 5.92 Å². The van der Waals surface area contributed by atoms with Gasteiger partial charge in [-0.2, -0.15) is 0 Å². The van der Waals surface area contributed by atoms with E-state index in [1.165, 1.54) is 25.7 Å². The first-order chi connectivity index (χ1) is 9.61. The minimum atomic E-state index is -2.88. The highest BCUT2D eigenvalue weighted by Crippen LogP contribution is 2.50. The topological polar surface area (TPSA) is 35.5 Å². The molecule has 0 aromatic carbocycles. The number of unbranched alkanes of at least 4 members (excludes halogenated alkanes) is 4. The molecule has 20 heavy (non-hydrogen) atoms. The summed E-state index contributed by atoms with van der Waals surface area (Å²) in [4.78, 5) is 0. The van der Waals surface area contributed by atoms with Crippen LogP contribution in [0.15, 0.2) is 0 Å². The third-order valence-corrected chi connectivity index (χ3v) is 5.83. The Morgan fingerprint density at radius 2 is 1.60 bits per heavy atom. The maximum atomic E-state index is 12.7. The lowest BCUT2D eigenvalue weighted by Gasteiger charge is -2.22. The Kier molecular flexibility index (Phi) is 13.0. The van der Waals surface area contributed by atoms with Crippen LogP contribution >= 0.6 is 7.60 Å². The van der Waals surface area contributed by atoms with Crippen molar-refractivity contribution < 1.29 is 13.6 Å². The smallest absolute Gasteiger partial charge is 0.309 e. The first-order valence-corrected chi connectivity index (χ1v) is 10.2. The first-order valence-electron chi connectivity index (χ1n) is 8.49. The zero-order valence-corrected chi connectivity index (χ0v) is 14.9. The second-order valence-corrected chi connectivity index (χ2v) is 7.62. The SMILES string of the molecule is CCCCCCOP(=O)(CC(CC)CCCC)OCC. The molecule has 0 amide bonds. The molecule has 0 radical (unpaired) electrons. The molecule has 0 aliphatic heterocycles. The molecular weight excluding hydrogens is 271 g/mol. The quantitative estimate of drug-likeness (QED) is 0.290. The molecule has 0 aliphatic carbocycles. The van der Waals surface area contributed by atoms with Crippen molar-refractivity contribution in [2.45, 2.75) is 79.1 Å². The molecular formula is C16H35O3P. The van der Waals surface area contributed by atoms with Gasteiger partial charge in [-0.05, 0) is 25.7 Å². The molecule has 0 aromatic rings. The van der Waals surface area contributed by atoms with Crippen LogP contribution in [0, 0.1) is 5.92 Å². The van der Waals surface area contributed by atoms with E-state index in [1.54, 1.807) is 0 Å². The fraction of sp³-hybridized carbons (Fsp3) is 1.00. The maximum Gasteiger partial charge on any atom is 0.330 e. The van der Waals surface area contributed by atoms with Gasteiger partial charge in [-0.1, -0.05) is 59.3 Å². The van der Waals surface area contributed by atoms with Crippen LogP contribution in [-0.4, -0.2) is 19.4 Å². The third-order valence-electron chi connectivity index (χ3n) is 3.64. The van der Waals surface area contributed by atoms with Gasteiger partial charge in [0.25, 0.3) is 0 Å². The van der Waals surface area contributed by atoms with E-state index in [-0.39, 0.29) is 0 Å². The van der Waals surface area contributed by atoms with E-state index in [1.807, 2.05) is 6.92 Å². The summed E-state index contributed by atoms with van der Waals surface area (Å²) in [6, 6.07) is 0. The molecule has 0 rings (SSSR count). The minimum absolute atomic E-state index is 0.461. The molecule has 0 heterocycles. The summed E-state index contributed by atoms with van der Waals surface area (Å²) in [5.41, 5.74) is 0. The highest BCUT2D eigenvalue weighted by Gasteiger charge is 2.27. The summed E-state index contributed by atoms with van der Waals surface area (Å²) in [7, 11) is -2.88. The van der Waals surface area contributed by atoms with E-state index in [2.05, 4.69) is 20.8 Å². The largest absolute Gasteiger partial charge is 0.330 e. The maximum absolute atomic E-state index is 12.7. The zero-order chi connectivity index (χ0) is 15.3. The summed E-state index contributed by atoms with van der Waals surface area (Å²) in [5.74, 6) is 0.461. The van der Waals surface area contributed by atoms with E-state index in [9.17, 15) is 4.57 Å². The minimum Gasteiger partial charge on any atom is -0.309 e. The lowest BCUT2D eigenvalue weighted by Crippen LogP contribution is -2.10. The van der Waals surface area contributed by atoms with Crippen LogP contribution in [0.5, 0.6) is 0 Å². The van der Waals surface area contributed by atoms with E-state index < -0.39 is 7.60 Å². The fourth-order valence-electron chi connectivity index (χ4n) is 2.31. The number of rotatable bonds is 14. The van der Waals surface area contributed by atoms with Crippen LogP contribution in [0.3, 0.4) is 0 Å². The van der Waals surface area contributed by atoms with Crippen molar-refractivity contribution in [3.63, 3.8) is 0 Å². The van der Waals surface area contributed by atoms with Gasteiger partial charge >= 0.3 is 7.60 Å². The van der Waals surface area contributed by atoms with Gasteiger partial charge in [-0.25, -0.2) is 0 Å². The summed E-state index contributed by atoms with van der Waals surface area (Å²) in [6.45, 7) is 9.47. The van der Waals surface area contributed by atoms with Crippen molar-refractivity contribution in [3.05, 3.63) is 0 Å². The van der Waals surface area contributed by atoms with Gasteiger partial charge < -0.3 is 9.05 Å². The summed E-state index contributed by atoms with van der Waals surface area (Å²) < 4.78 is 23.9. The second kappa shape index (κ2) is 12.9. The van der Waals surface area contributed by atoms with Gasteiger partial charge in [0.1, 0.15) is 0 Å². The Morgan fingerprint density at radius 1 is 0.900 bits per heavy atom. The van der Waals surface area contributed by atoms with Gasteiger partial charge in [-0.3, -0.25) is 4.57 Å². The molecule has 0 spiro atoms. The molecule has 0 fully saturated rings. The monoisotopic (exact) mass is 306 g/mol. The Balaban J connectivity index is 4.23. The molecule has 2 unspecified atom stereocenters. The molecule has 3 nitrogen and oxygen atoms in total. The number of hydrogen-bond acceptors (Lipinski definition) is 3.